The Labute approximate surface area is 134 Å². The second kappa shape index (κ2) is 5.87. The number of aryl methyl sites for hydroxylation is 1. The van der Waals surface area contributed by atoms with Gasteiger partial charge >= 0.3 is 0 Å². The molecule has 1 aliphatic heterocycles. The normalized spacial score (nSPS) is 14.3. The van der Waals surface area contributed by atoms with Crippen molar-refractivity contribution in [2.24, 2.45) is 0 Å². The van der Waals surface area contributed by atoms with E-state index in [-0.39, 0.29) is 10.6 Å². The number of nitrogens with zero attached hydrogens (tertiary/aromatic N) is 3. The van der Waals surface area contributed by atoms with E-state index >= 15 is 0 Å². The molecule has 2 aromatic rings. The summed E-state index contributed by atoms with van der Waals surface area (Å²) in [7, 11) is 0. The van der Waals surface area contributed by atoms with E-state index in [0.717, 1.165) is 55.0 Å². The summed E-state index contributed by atoms with van der Waals surface area (Å²) in [4.78, 5) is 24.2. The van der Waals surface area contributed by atoms with E-state index < -0.39 is 0 Å². The van der Waals surface area contributed by atoms with Gasteiger partial charge in [0.2, 0.25) is 0 Å². The average Bonchev–Trinajstić information content (AvgIpc) is 3.15. The molecule has 23 heavy (non-hydrogen) atoms. The molecule has 1 aromatic heterocycles. The highest BCUT2D eigenvalue weighted by molar-refractivity contribution is 5.79. The second-order valence-electron chi connectivity index (χ2n) is 5.90. The van der Waals surface area contributed by atoms with Crippen LogP contribution in [0.4, 0.5) is 11.4 Å². The molecule has 1 saturated heterocycles. The van der Waals surface area contributed by atoms with Crippen LogP contribution in [0.5, 0.6) is 0 Å². The van der Waals surface area contributed by atoms with Crippen molar-refractivity contribution in [3.8, 4) is 5.69 Å². The average molecular weight is 313 g/mol. The van der Waals surface area contributed by atoms with E-state index in [9.17, 15) is 14.9 Å². The van der Waals surface area contributed by atoms with Crippen molar-refractivity contribution >= 4 is 17.7 Å². The Morgan fingerprint density at radius 1 is 1.13 bits per heavy atom. The maximum absolute atomic E-state index is 11.2. The maximum Gasteiger partial charge on any atom is 0.271 e. The van der Waals surface area contributed by atoms with Crippen molar-refractivity contribution in [1.82, 2.24) is 4.57 Å². The Hall–Kier alpha value is -2.63. The monoisotopic (exact) mass is 313 g/mol. The van der Waals surface area contributed by atoms with Crippen LogP contribution in [-0.2, 0) is 0 Å². The quantitative estimate of drug-likeness (QED) is 0.493. The molecule has 120 valence electrons. The van der Waals surface area contributed by atoms with Gasteiger partial charge in [-0.3, -0.25) is 14.9 Å². The summed E-state index contributed by atoms with van der Waals surface area (Å²) >= 11 is 0. The molecule has 1 aromatic carbocycles. The van der Waals surface area contributed by atoms with Gasteiger partial charge in [0.1, 0.15) is 0 Å². The number of aromatic nitrogens is 1. The molecule has 2 heterocycles. The minimum absolute atomic E-state index is 0.0584. The zero-order chi connectivity index (χ0) is 16.6. The molecular formula is C17H19N3O3. The molecule has 1 fully saturated rings. The lowest BCUT2D eigenvalue weighted by atomic mass is 10.2. The van der Waals surface area contributed by atoms with Crippen LogP contribution in [0, 0.1) is 24.0 Å². The summed E-state index contributed by atoms with van der Waals surface area (Å²) in [5.41, 5.74) is 4.12. The summed E-state index contributed by atoms with van der Waals surface area (Å²) in [6.45, 7) is 5.67. The van der Waals surface area contributed by atoms with Crippen molar-refractivity contribution in [1.29, 1.82) is 0 Å². The zero-order valence-electron chi connectivity index (χ0n) is 13.3. The van der Waals surface area contributed by atoms with Gasteiger partial charge in [0.05, 0.1) is 16.3 Å². The standard InChI is InChI=1S/C17H19N3O3/c1-12-9-14(11-21)13(2)19(12)17-10-15(20(22)23)5-6-16(17)18-7-3-4-8-18/h5-6,9-11H,3-4,7-8H2,1-2H3. The topological polar surface area (TPSA) is 68.4 Å². The smallest absolute Gasteiger partial charge is 0.271 e. The number of carbonyl (C=O) groups excluding carboxylic acids is 1. The van der Waals surface area contributed by atoms with Crippen molar-refractivity contribution in [2.45, 2.75) is 26.7 Å². The molecule has 3 rings (SSSR count). The summed E-state index contributed by atoms with van der Waals surface area (Å²) in [6, 6.07) is 6.78. The van der Waals surface area contributed by atoms with Gasteiger partial charge in [-0.05, 0) is 38.8 Å². The summed E-state index contributed by atoms with van der Waals surface area (Å²) in [5.74, 6) is 0. The van der Waals surface area contributed by atoms with Gasteiger partial charge in [0.15, 0.2) is 6.29 Å². The van der Waals surface area contributed by atoms with Gasteiger partial charge in [0.25, 0.3) is 5.69 Å². The van der Waals surface area contributed by atoms with Crippen LogP contribution in [-0.4, -0.2) is 28.9 Å². The number of nitro groups is 1. The molecule has 0 saturated carbocycles. The lowest BCUT2D eigenvalue weighted by Gasteiger charge is -2.23. The molecule has 0 radical (unpaired) electrons. The lowest BCUT2D eigenvalue weighted by molar-refractivity contribution is -0.384. The highest BCUT2D eigenvalue weighted by atomic mass is 16.6. The van der Waals surface area contributed by atoms with Crippen LogP contribution in [0.2, 0.25) is 0 Å². The van der Waals surface area contributed by atoms with Crippen molar-refractivity contribution in [2.75, 3.05) is 18.0 Å². The van der Waals surface area contributed by atoms with Crippen LogP contribution in [0.15, 0.2) is 24.3 Å². The van der Waals surface area contributed by atoms with Crippen LogP contribution < -0.4 is 4.90 Å². The Bertz CT molecular complexity index is 774. The Morgan fingerprint density at radius 2 is 1.83 bits per heavy atom. The fraction of sp³-hybridized carbons (Fsp3) is 0.353. The lowest BCUT2D eigenvalue weighted by Crippen LogP contribution is -2.20. The van der Waals surface area contributed by atoms with Gasteiger partial charge in [-0.2, -0.15) is 0 Å². The molecular weight excluding hydrogens is 294 g/mol. The largest absolute Gasteiger partial charge is 0.370 e. The number of carbonyl (C=O) groups is 1. The molecule has 1 aliphatic rings. The number of aldehydes is 1. The third kappa shape index (κ3) is 2.60. The van der Waals surface area contributed by atoms with Gasteiger partial charge in [-0.25, -0.2) is 0 Å². The predicted molar refractivity (Wildman–Crippen MR) is 88.7 cm³/mol. The molecule has 0 unspecified atom stereocenters. The Balaban J connectivity index is 2.22. The first-order valence-corrected chi connectivity index (χ1v) is 7.71. The number of hydrogen-bond acceptors (Lipinski definition) is 4. The van der Waals surface area contributed by atoms with Crippen molar-refractivity contribution in [3.63, 3.8) is 0 Å². The summed E-state index contributed by atoms with van der Waals surface area (Å²) in [5, 5.41) is 11.2. The number of non-ortho nitro benzene ring substituents is 1. The highest BCUT2D eigenvalue weighted by Gasteiger charge is 2.22. The molecule has 0 spiro atoms. The molecule has 0 N–H and O–H groups in total. The first-order valence-electron chi connectivity index (χ1n) is 7.71. The molecule has 6 heteroatoms. The summed E-state index contributed by atoms with van der Waals surface area (Å²) in [6.07, 6.45) is 3.07. The number of rotatable bonds is 4. The van der Waals surface area contributed by atoms with Crippen LogP contribution >= 0.6 is 0 Å². The van der Waals surface area contributed by atoms with Crippen molar-refractivity contribution in [3.05, 3.63) is 51.3 Å². The fourth-order valence-corrected chi connectivity index (χ4v) is 3.31. The Morgan fingerprint density at radius 3 is 2.39 bits per heavy atom. The van der Waals surface area contributed by atoms with Gasteiger partial charge in [-0.1, -0.05) is 0 Å². The van der Waals surface area contributed by atoms with Crippen LogP contribution in [0.25, 0.3) is 5.69 Å². The summed E-state index contributed by atoms with van der Waals surface area (Å²) < 4.78 is 1.93. The molecule has 6 nitrogen and oxygen atoms in total. The van der Waals surface area contributed by atoms with E-state index in [1.807, 2.05) is 30.5 Å². The van der Waals surface area contributed by atoms with Crippen molar-refractivity contribution < 1.29 is 9.72 Å². The fourth-order valence-electron chi connectivity index (χ4n) is 3.31. The van der Waals surface area contributed by atoms with Gasteiger partial charge < -0.3 is 9.47 Å². The van der Waals surface area contributed by atoms with E-state index in [2.05, 4.69) is 4.90 Å². The highest BCUT2D eigenvalue weighted by Crippen LogP contribution is 2.33. The second-order valence-corrected chi connectivity index (χ2v) is 5.90. The molecule has 0 aliphatic carbocycles. The first kappa shape index (κ1) is 15.3. The minimum atomic E-state index is -0.383. The molecule has 0 bridgehead atoms. The number of benzene rings is 1. The SMILES string of the molecule is Cc1cc(C=O)c(C)n1-c1cc([N+](=O)[O-])ccc1N1CCCC1. The van der Waals surface area contributed by atoms with Crippen LogP contribution in [0.3, 0.4) is 0 Å². The third-order valence-electron chi connectivity index (χ3n) is 4.45. The number of nitro benzene ring substituents is 1. The van der Waals surface area contributed by atoms with Crippen LogP contribution in [0.1, 0.15) is 34.6 Å². The number of anilines is 1. The van der Waals surface area contributed by atoms with Gasteiger partial charge in [-0.15, -0.1) is 0 Å². The van der Waals surface area contributed by atoms with E-state index in [1.165, 1.54) is 0 Å². The van der Waals surface area contributed by atoms with E-state index in [0.29, 0.717) is 5.56 Å². The van der Waals surface area contributed by atoms with Gasteiger partial charge in [0, 0.05) is 42.2 Å². The number of hydrogen-bond donors (Lipinski definition) is 0. The predicted octanol–water partition coefficient (Wildman–Crippen LogP) is 3.42. The zero-order valence-corrected chi connectivity index (χ0v) is 13.3. The third-order valence-corrected chi connectivity index (χ3v) is 4.45. The van der Waals surface area contributed by atoms with E-state index in [4.69, 9.17) is 0 Å². The molecule has 0 amide bonds. The maximum atomic E-state index is 11.2. The van der Waals surface area contributed by atoms with E-state index in [1.54, 1.807) is 12.1 Å². The minimum Gasteiger partial charge on any atom is -0.370 e. The Kier molecular flexibility index (Phi) is 3.90. The first-order chi connectivity index (χ1) is 11.0. The molecule has 0 atom stereocenters.